The van der Waals surface area contributed by atoms with Gasteiger partial charge in [-0.3, -0.25) is 0 Å². The molecule has 62 valence electrons. The van der Waals surface area contributed by atoms with Crippen LogP contribution in [-0.4, -0.2) is 0 Å². The Labute approximate surface area is 74.0 Å². The molecule has 0 fully saturated rings. The molecule has 0 saturated carbocycles. The summed E-state index contributed by atoms with van der Waals surface area (Å²) in [5, 5.41) is 0. The van der Waals surface area contributed by atoms with Crippen LogP contribution in [0, 0.1) is 11.8 Å². The number of hydrogen-bond acceptors (Lipinski definition) is 0. The fraction of sp³-hybridized carbons (Fsp3) is 0.333. The summed E-state index contributed by atoms with van der Waals surface area (Å²) in [6.45, 7) is 4.42. The molecule has 0 bridgehead atoms. The van der Waals surface area contributed by atoms with Crippen LogP contribution in [-0.2, 0) is 0 Å². The van der Waals surface area contributed by atoms with Crippen LogP contribution in [0.4, 0.5) is 0 Å². The minimum Gasteiger partial charge on any atom is -0.0767 e. The maximum atomic E-state index is 2.30. The molecule has 0 N–H and O–H groups in total. The summed E-state index contributed by atoms with van der Waals surface area (Å²) < 4.78 is 0. The first-order chi connectivity index (χ1) is 5.79. The Morgan fingerprint density at radius 3 is 2.58 bits per heavy atom. The summed E-state index contributed by atoms with van der Waals surface area (Å²) in [6.07, 6.45) is 13.4. The quantitative estimate of drug-likeness (QED) is 0.507. The second-order valence-electron chi connectivity index (χ2n) is 3.60. The fourth-order valence-electron chi connectivity index (χ4n) is 1.89. The summed E-state index contributed by atoms with van der Waals surface area (Å²) in [6, 6.07) is 0. The summed E-state index contributed by atoms with van der Waals surface area (Å²) in [4.78, 5) is 0. The molecule has 0 nitrogen and oxygen atoms in total. The number of allylic oxidation sites excluding steroid dienone is 8. The van der Waals surface area contributed by atoms with Crippen molar-refractivity contribution in [3.05, 3.63) is 47.6 Å². The molecule has 0 heterocycles. The average molecular weight is 158 g/mol. The summed E-state index contributed by atoms with van der Waals surface area (Å²) in [5.41, 5.74) is 2.94. The Kier molecular flexibility index (Phi) is 1.76. The predicted octanol–water partition coefficient (Wildman–Crippen LogP) is 3.25. The van der Waals surface area contributed by atoms with Crippen LogP contribution in [0.3, 0.4) is 0 Å². The first-order valence-corrected chi connectivity index (χ1v) is 4.49. The van der Waals surface area contributed by atoms with Crippen molar-refractivity contribution in [3.63, 3.8) is 0 Å². The van der Waals surface area contributed by atoms with E-state index in [1.165, 1.54) is 11.1 Å². The van der Waals surface area contributed by atoms with Crippen molar-refractivity contribution in [1.82, 2.24) is 0 Å². The highest BCUT2D eigenvalue weighted by Gasteiger charge is 2.21. The van der Waals surface area contributed by atoms with Gasteiger partial charge in [0, 0.05) is 11.8 Å². The Morgan fingerprint density at radius 1 is 1.00 bits per heavy atom. The Morgan fingerprint density at radius 2 is 1.75 bits per heavy atom. The highest BCUT2D eigenvalue weighted by molar-refractivity contribution is 5.37. The molecule has 2 unspecified atom stereocenters. The minimum atomic E-state index is 0.610. The van der Waals surface area contributed by atoms with E-state index >= 15 is 0 Å². The average Bonchev–Trinajstić information content (AvgIpc) is 2.12. The van der Waals surface area contributed by atoms with Gasteiger partial charge in [0.2, 0.25) is 0 Å². The van der Waals surface area contributed by atoms with Gasteiger partial charge in [-0.15, -0.1) is 0 Å². The molecule has 0 saturated heterocycles. The maximum Gasteiger partial charge on any atom is 0.00806 e. The Bertz CT molecular complexity index is 300. The lowest BCUT2D eigenvalue weighted by atomic mass is 9.78. The van der Waals surface area contributed by atoms with Gasteiger partial charge in [0.1, 0.15) is 0 Å². The number of hydrogen-bond donors (Lipinski definition) is 0. The van der Waals surface area contributed by atoms with Crippen LogP contribution in [0.15, 0.2) is 47.6 Å². The van der Waals surface area contributed by atoms with Crippen molar-refractivity contribution in [2.45, 2.75) is 13.8 Å². The van der Waals surface area contributed by atoms with Gasteiger partial charge in [0.15, 0.2) is 0 Å². The topological polar surface area (TPSA) is 0 Å². The molecule has 2 atom stereocenters. The molecule has 0 aromatic rings. The van der Waals surface area contributed by atoms with Gasteiger partial charge in [0.05, 0.1) is 0 Å². The molecule has 0 aromatic carbocycles. The van der Waals surface area contributed by atoms with Crippen LogP contribution in [0.25, 0.3) is 0 Å². The molecule has 0 spiro atoms. The monoisotopic (exact) mass is 158 g/mol. The van der Waals surface area contributed by atoms with E-state index in [4.69, 9.17) is 0 Å². The SMILES string of the molecule is CC1=C(C)C2C=CC=CC2C=C1. The van der Waals surface area contributed by atoms with Gasteiger partial charge < -0.3 is 0 Å². The van der Waals surface area contributed by atoms with Gasteiger partial charge in [-0.2, -0.15) is 0 Å². The van der Waals surface area contributed by atoms with E-state index in [0.717, 1.165) is 0 Å². The van der Waals surface area contributed by atoms with E-state index < -0.39 is 0 Å². The molecule has 12 heavy (non-hydrogen) atoms. The van der Waals surface area contributed by atoms with Crippen LogP contribution in [0.2, 0.25) is 0 Å². The first-order valence-electron chi connectivity index (χ1n) is 4.49. The lowest BCUT2D eigenvalue weighted by Gasteiger charge is -2.26. The lowest BCUT2D eigenvalue weighted by Crippen LogP contribution is -2.15. The molecule has 2 aliphatic carbocycles. The largest absolute Gasteiger partial charge is 0.0767 e. The van der Waals surface area contributed by atoms with Gasteiger partial charge in [-0.1, -0.05) is 47.6 Å². The highest BCUT2D eigenvalue weighted by atomic mass is 14.3. The second-order valence-corrected chi connectivity index (χ2v) is 3.60. The summed E-state index contributed by atoms with van der Waals surface area (Å²) in [5.74, 6) is 1.23. The molecular formula is C12H14. The van der Waals surface area contributed by atoms with Crippen LogP contribution < -0.4 is 0 Å². The highest BCUT2D eigenvalue weighted by Crippen LogP contribution is 2.33. The predicted molar refractivity (Wildman–Crippen MR) is 52.8 cm³/mol. The van der Waals surface area contributed by atoms with E-state index in [1.807, 2.05) is 0 Å². The standard InChI is InChI=1S/C12H14/c1-9-7-8-11-5-3-4-6-12(11)10(9)2/h3-8,11-12H,1-2H3. The summed E-state index contributed by atoms with van der Waals surface area (Å²) in [7, 11) is 0. The van der Waals surface area contributed by atoms with E-state index in [0.29, 0.717) is 11.8 Å². The zero-order valence-corrected chi connectivity index (χ0v) is 7.62. The van der Waals surface area contributed by atoms with Crippen molar-refractivity contribution in [2.24, 2.45) is 11.8 Å². The Hall–Kier alpha value is -1.04. The van der Waals surface area contributed by atoms with Crippen molar-refractivity contribution in [3.8, 4) is 0 Å². The third kappa shape index (κ3) is 1.08. The second kappa shape index (κ2) is 2.78. The molecule has 0 aliphatic heterocycles. The maximum absolute atomic E-state index is 2.30. The third-order valence-corrected chi connectivity index (χ3v) is 2.87. The lowest BCUT2D eigenvalue weighted by molar-refractivity contribution is 0.617. The summed E-state index contributed by atoms with van der Waals surface area (Å²) >= 11 is 0. The van der Waals surface area contributed by atoms with Crippen LogP contribution in [0.5, 0.6) is 0 Å². The third-order valence-electron chi connectivity index (χ3n) is 2.87. The zero-order valence-electron chi connectivity index (χ0n) is 7.62. The molecule has 2 aliphatic rings. The first kappa shape index (κ1) is 7.60. The molecule has 0 amide bonds. The van der Waals surface area contributed by atoms with Crippen molar-refractivity contribution >= 4 is 0 Å². The normalized spacial score (nSPS) is 32.5. The van der Waals surface area contributed by atoms with Gasteiger partial charge in [0.25, 0.3) is 0 Å². The number of rotatable bonds is 0. The number of fused-ring (bicyclic) bond motifs is 1. The molecule has 0 radical (unpaired) electrons. The van der Waals surface area contributed by atoms with Crippen LogP contribution in [0.1, 0.15) is 13.8 Å². The van der Waals surface area contributed by atoms with Crippen LogP contribution >= 0.6 is 0 Å². The van der Waals surface area contributed by atoms with Crippen molar-refractivity contribution in [1.29, 1.82) is 0 Å². The van der Waals surface area contributed by atoms with Gasteiger partial charge in [-0.05, 0) is 13.8 Å². The fourth-order valence-corrected chi connectivity index (χ4v) is 1.89. The zero-order chi connectivity index (χ0) is 8.55. The molecule has 2 rings (SSSR count). The molecule has 0 heteroatoms. The van der Waals surface area contributed by atoms with E-state index in [1.54, 1.807) is 0 Å². The molecule has 0 aromatic heterocycles. The van der Waals surface area contributed by atoms with E-state index in [-0.39, 0.29) is 0 Å². The van der Waals surface area contributed by atoms with Gasteiger partial charge >= 0.3 is 0 Å². The van der Waals surface area contributed by atoms with Crippen molar-refractivity contribution in [2.75, 3.05) is 0 Å². The van der Waals surface area contributed by atoms with Crippen molar-refractivity contribution < 1.29 is 0 Å². The van der Waals surface area contributed by atoms with Gasteiger partial charge in [-0.25, -0.2) is 0 Å². The molecular weight excluding hydrogens is 144 g/mol. The van der Waals surface area contributed by atoms with E-state index in [2.05, 4.69) is 50.3 Å². The Balaban J connectivity index is 2.38. The minimum absolute atomic E-state index is 0.610. The smallest absolute Gasteiger partial charge is 0.00806 e. The van der Waals surface area contributed by atoms with E-state index in [9.17, 15) is 0 Å².